The van der Waals surface area contributed by atoms with Gasteiger partial charge in [-0.15, -0.1) is 0 Å². The lowest BCUT2D eigenvalue weighted by Gasteiger charge is -2.11. The Labute approximate surface area is 156 Å². The second-order valence-corrected chi connectivity index (χ2v) is 6.02. The van der Waals surface area contributed by atoms with Crippen LogP contribution in [0.15, 0.2) is 54.9 Å². The minimum atomic E-state index is -0.299. The second kappa shape index (κ2) is 7.84. The monoisotopic (exact) mass is 368 g/mol. The lowest BCUT2D eigenvalue weighted by Crippen LogP contribution is -2.13. The van der Waals surface area contributed by atoms with Crippen molar-refractivity contribution in [2.75, 3.05) is 17.7 Å². The van der Waals surface area contributed by atoms with Gasteiger partial charge in [-0.2, -0.15) is 0 Å². The van der Waals surface area contributed by atoms with E-state index in [0.717, 1.165) is 11.3 Å². The summed E-state index contributed by atoms with van der Waals surface area (Å²) >= 11 is 5.83. The number of aryl methyl sites for hydroxylation is 1. The summed E-state index contributed by atoms with van der Waals surface area (Å²) < 4.78 is 5.32. The van der Waals surface area contributed by atoms with Crippen LogP contribution in [0.1, 0.15) is 15.9 Å². The van der Waals surface area contributed by atoms with E-state index in [1.165, 1.54) is 12.4 Å². The van der Waals surface area contributed by atoms with Gasteiger partial charge >= 0.3 is 0 Å². The predicted octanol–water partition coefficient (Wildman–Crippen LogP) is 4.44. The zero-order valence-electron chi connectivity index (χ0n) is 14.3. The third-order valence-electron chi connectivity index (χ3n) is 3.62. The molecule has 0 saturated heterocycles. The summed E-state index contributed by atoms with van der Waals surface area (Å²) in [6, 6.07) is 12.6. The first-order valence-corrected chi connectivity index (χ1v) is 8.23. The van der Waals surface area contributed by atoms with Gasteiger partial charge in [0.25, 0.3) is 5.91 Å². The molecule has 3 rings (SSSR count). The van der Waals surface area contributed by atoms with E-state index in [0.29, 0.717) is 28.0 Å². The van der Waals surface area contributed by atoms with Crippen LogP contribution in [0.4, 0.5) is 17.3 Å². The molecule has 1 heterocycles. The number of amides is 1. The van der Waals surface area contributed by atoms with Gasteiger partial charge < -0.3 is 15.4 Å². The van der Waals surface area contributed by atoms with Gasteiger partial charge in [0.15, 0.2) is 0 Å². The van der Waals surface area contributed by atoms with E-state index in [1.807, 2.05) is 25.1 Å². The molecular weight excluding hydrogens is 352 g/mol. The number of hydrogen-bond acceptors (Lipinski definition) is 5. The summed E-state index contributed by atoms with van der Waals surface area (Å²) in [7, 11) is 1.60. The van der Waals surface area contributed by atoms with Crippen molar-refractivity contribution in [1.29, 1.82) is 0 Å². The molecular formula is C19H17ClN4O2. The summed E-state index contributed by atoms with van der Waals surface area (Å²) in [5.74, 6) is 0.757. The van der Waals surface area contributed by atoms with Crippen molar-refractivity contribution < 1.29 is 9.53 Å². The van der Waals surface area contributed by atoms with Crippen LogP contribution in [-0.4, -0.2) is 23.0 Å². The van der Waals surface area contributed by atoms with Crippen molar-refractivity contribution in [2.45, 2.75) is 6.92 Å². The van der Waals surface area contributed by atoms with E-state index in [9.17, 15) is 4.79 Å². The molecule has 0 unspecified atom stereocenters. The van der Waals surface area contributed by atoms with E-state index >= 15 is 0 Å². The maximum absolute atomic E-state index is 12.2. The van der Waals surface area contributed by atoms with E-state index in [-0.39, 0.29) is 5.91 Å². The van der Waals surface area contributed by atoms with Gasteiger partial charge in [-0.1, -0.05) is 17.7 Å². The fourth-order valence-electron chi connectivity index (χ4n) is 2.29. The molecule has 132 valence electrons. The van der Waals surface area contributed by atoms with Gasteiger partial charge in [0, 0.05) is 23.1 Å². The maximum Gasteiger partial charge on any atom is 0.258 e. The average Bonchev–Trinajstić information content (AvgIpc) is 2.64. The van der Waals surface area contributed by atoms with Gasteiger partial charge in [0.05, 0.1) is 18.4 Å². The molecule has 0 bridgehead atoms. The Kier molecular flexibility index (Phi) is 5.34. The highest BCUT2D eigenvalue weighted by Crippen LogP contribution is 2.27. The highest BCUT2D eigenvalue weighted by molar-refractivity contribution is 6.30. The number of benzene rings is 2. The van der Waals surface area contributed by atoms with Crippen LogP contribution in [0.3, 0.4) is 0 Å². The number of ether oxygens (including phenoxy) is 1. The fourth-order valence-corrected chi connectivity index (χ4v) is 2.41. The number of aromatic nitrogens is 2. The second-order valence-electron chi connectivity index (χ2n) is 5.59. The smallest absolute Gasteiger partial charge is 0.258 e. The highest BCUT2D eigenvalue weighted by atomic mass is 35.5. The van der Waals surface area contributed by atoms with Gasteiger partial charge in [-0.3, -0.25) is 4.79 Å². The molecule has 0 aliphatic carbocycles. The normalized spacial score (nSPS) is 10.3. The standard InChI is InChI=1S/C19H17ClN4O2/c1-12-3-8-17(26-2)16(9-12)24-19-21-10-13(11-22-19)18(25)23-15-6-4-14(20)5-7-15/h3-11H,1-2H3,(H,23,25)(H,21,22,24). The third-order valence-corrected chi connectivity index (χ3v) is 3.87. The Balaban J connectivity index is 1.71. The maximum atomic E-state index is 12.2. The van der Waals surface area contributed by atoms with Crippen molar-refractivity contribution in [3.05, 3.63) is 71.0 Å². The zero-order valence-corrected chi connectivity index (χ0v) is 15.0. The minimum Gasteiger partial charge on any atom is -0.495 e. The van der Waals surface area contributed by atoms with Crippen LogP contribution >= 0.6 is 11.6 Å². The largest absolute Gasteiger partial charge is 0.495 e. The summed E-state index contributed by atoms with van der Waals surface area (Å²) in [6.07, 6.45) is 2.92. The Hall–Kier alpha value is -3.12. The first kappa shape index (κ1) is 17.7. The van der Waals surface area contributed by atoms with E-state index in [1.54, 1.807) is 31.4 Å². The van der Waals surface area contributed by atoms with Crippen LogP contribution < -0.4 is 15.4 Å². The summed E-state index contributed by atoms with van der Waals surface area (Å²) in [5, 5.41) is 6.46. The fraction of sp³-hybridized carbons (Fsp3) is 0.105. The van der Waals surface area contributed by atoms with Gasteiger partial charge in [-0.25, -0.2) is 9.97 Å². The molecule has 6 nitrogen and oxygen atoms in total. The van der Waals surface area contributed by atoms with Crippen LogP contribution in [0, 0.1) is 6.92 Å². The van der Waals surface area contributed by atoms with Crippen molar-refractivity contribution in [3.8, 4) is 5.75 Å². The number of halogens is 1. The number of carbonyl (C=O) groups is 1. The number of rotatable bonds is 5. The lowest BCUT2D eigenvalue weighted by atomic mass is 10.2. The van der Waals surface area contributed by atoms with Crippen LogP contribution in [0.5, 0.6) is 5.75 Å². The van der Waals surface area contributed by atoms with Gasteiger partial charge in [0.2, 0.25) is 5.95 Å². The summed E-state index contributed by atoms with van der Waals surface area (Å²) in [6.45, 7) is 1.98. The first-order chi connectivity index (χ1) is 12.5. The topological polar surface area (TPSA) is 76.1 Å². The predicted molar refractivity (Wildman–Crippen MR) is 102 cm³/mol. The molecule has 3 aromatic rings. The number of methoxy groups -OCH3 is 1. The Morgan fingerprint density at radius 3 is 2.42 bits per heavy atom. The number of nitrogens with one attached hydrogen (secondary N) is 2. The molecule has 0 spiro atoms. The quantitative estimate of drug-likeness (QED) is 0.696. The molecule has 1 amide bonds. The SMILES string of the molecule is COc1ccc(C)cc1Nc1ncc(C(=O)Nc2ccc(Cl)cc2)cn1. The Morgan fingerprint density at radius 2 is 1.77 bits per heavy atom. The molecule has 7 heteroatoms. The molecule has 2 N–H and O–H groups in total. The highest BCUT2D eigenvalue weighted by Gasteiger charge is 2.09. The third kappa shape index (κ3) is 4.29. The zero-order chi connectivity index (χ0) is 18.5. The van der Waals surface area contributed by atoms with Gasteiger partial charge in [0.1, 0.15) is 5.75 Å². The van der Waals surface area contributed by atoms with E-state index < -0.39 is 0 Å². The molecule has 0 aliphatic heterocycles. The first-order valence-electron chi connectivity index (χ1n) is 7.86. The summed E-state index contributed by atoms with van der Waals surface area (Å²) in [4.78, 5) is 20.6. The number of hydrogen-bond donors (Lipinski definition) is 2. The van der Waals surface area contributed by atoms with Crippen molar-refractivity contribution in [3.63, 3.8) is 0 Å². The van der Waals surface area contributed by atoms with Gasteiger partial charge in [-0.05, 0) is 48.9 Å². The summed E-state index contributed by atoms with van der Waals surface area (Å²) in [5.41, 5.74) is 2.82. The number of nitrogens with zero attached hydrogens (tertiary/aromatic N) is 2. The van der Waals surface area contributed by atoms with E-state index in [2.05, 4.69) is 20.6 Å². The van der Waals surface area contributed by atoms with Crippen molar-refractivity contribution in [2.24, 2.45) is 0 Å². The molecule has 0 saturated carbocycles. The molecule has 0 aliphatic rings. The van der Waals surface area contributed by atoms with Crippen molar-refractivity contribution in [1.82, 2.24) is 9.97 Å². The molecule has 0 fully saturated rings. The van der Waals surface area contributed by atoms with Crippen LogP contribution in [0.2, 0.25) is 5.02 Å². The molecule has 1 aromatic heterocycles. The van der Waals surface area contributed by atoms with Crippen molar-refractivity contribution >= 4 is 34.8 Å². The Bertz CT molecular complexity index is 912. The van der Waals surface area contributed by atoms with Crippen LogP contribution in [-0.2, 0) is 0 Å². The lowest BCUT2D eigenvalue weighted by molar-refractivity contribution is 0.102. The molecule has 26 heavy (non-hydrogen) atoms. The number of carbonyl (C=O) groups excluding carboxylic acids is 1. The van der Waals surface area contributed by atoms with E-state index in [4.69, 9.17) is 16.3 Å². The number of anilines is 3. The molecule has 2 aromatic carbocycles. The average molecular weight is 369 g/mol. The Morgan fingerprint density at radius 1 is 1.08 bits per heavy atom. The molecule has 0 radical (unpaired) electrons. The minimum absolute atomic E-state index is 0.299. The van der Waals surface area contributed by atoms with Crippen LogP contribution in [0.25, 0.3) is 0 Å². The molecule has 0 atom stereocenters.